The zero-order valence-electron chi connectivity index (χ0n) is 9.61. The Bertz CT molecular complexity index is 349. The third-order valence-corrected chi connectivity index (χ3v) is 3.05. The number of nitrogens with one attached hydrogen (secondary N) is 2. The molecule has 0 spiro atoms. The molecule has 1 aliphatic heterocycles. The normalized spacial score (nSPS) is 23.7. The molecule has 2 amide bonds. The fourth-order valence-electron chi connectivity index (χ4n) is 1.97. The van der Waals surface area contributed by atoms with Crippen molar-refractivity contribution in [2.75, 3.05) is 19.6 Å². The summed E-state index contributed by atoms with van der Waals surface area (Å²) >= 11 is 0. The molecule has 17 heavy (non-hydrogen) atoms. The highest BCUT2D eigenvalue weighted by atomic mass is 16.2. The van der Waals surface area contributed by atoms with Crippen LogP contribution in [0.1, 0.15) is 19.3 Å². The van der Waals surface area contributed by atoms with Gasteiger partial charge in [-0.25, -0.2) is 0 Å². The van der Waals surface area contributed by atoms with Gasteiger partial charge < -0.3 is 10.2 Å². The molecule has 1 unspecified atom stereocenters. The number of amides is 2. The number of piperazine rings is 1. The molecule has 0 aromatic carbocycles. The van der Waals surface area contributed by atoms with Gasteiger partial charge in [0.25, 0.3) is 0 Å². The quantitative estimate of drug-likeness (QED) is 0.654. The van der Waals surface area contributed by atoms with Crippen molar-refractivity contribution in [2.45, 2.75) is 31.3 Å². The molecule has 1 aliphatic carbocycles. The van der Waals surface area contributed by atoms with Crippen LogP contribution in [0.5, 0.6) is 0 Å². The smallest absolute Gasteiger partial charge is 0.241 e. The molecule has 92 valence electrons. The summed E-state index contributed by atoms with van der Waals surface area (Å²) < 4.78 is 0. The predicted octanol–water partition coefficient (Wildman–Crippen LogP) is -1.02. The van der Waals surface area contributed by atoms with E-state index < -0.39 is 0 Å². The standard InChI is InChI=1S/C11H16N4O2/c12-4-1-5-15(8-2-3-8)11(17)9-6-14-10(16)7-13-9/h8-9,13H,1-3,5-7H2,(H,14,16). The second-order valence-electron chi connectivity index (χ2n) is 4.41. The first-order valence-corrected chi connectivity index (χ1v) is 5.90. The van der Waals surface area contributed by atoms with E-state index in [2.05, 4.69) is 16.7 Å². The Labute approximate surface area is 100.0 Å². The molecular formula is C11H16N4O2. The zero-order valence-corrected chi connectivity index (χ0v) is 9.61. The largest absolute Gasteiger partial charge is 0.353 e. The molecule has 0 aromatic rings. The van der Waals surface area contributed by atoms with Crippen molar-refractivity contribution < 1.29 is 9.59 Å². The molecule has 1 saturated heterocycles. The highest BCUT2D eigenvalue weighted by molar-refractivity contribution is 5.87. The first-order valence-electron chi connectivity index (χ1n) is 5.90. The second kappa shape index (κ2) is 5.15. The number of nitriles is 1. The van der Waals surface area contributed by atoms with Gasteiger partial charge in [0.2, 0.25) is 11.8 Å². The average molecular weight is 236 g/mol. The van der Waals surface area contributed by atoms with E-state index >= 15 is 0 Å². The van der Waals surface area contributed by atoms with Crippen LogP contribution in [-0.4, -0.2) is 48.4 Å². The van der Waals surface area contributed by atoms with Gasteiger partial charge in [0.1, 0.15) is 6.04 Å². The molecule has 1 atom stereocenters. The minimum Gasteiger partial charge on any atom is -0.353 e. The molecule has 2 fully saturated rings. The third kappa shape index (κ3) is 2.94. The Morgan fingerprint density at radius 3 is 2.82 bits per heavy atom. The lowest BCUT2D eigenvalue weighted by atomic mass is 10.2. The fraction of sp³-hybridized carbons (Fsp3) is 0.727. The summed E-state index contributed by atoms with van der Waals surface area (Å²) in [5.41, 5.74) is 0. The van der Waals surface area contributed by atoms with Crippen molar-refractivity contribution >= 4 is 11.8 Å². The van der Waals surface area contributed by atoms with Gasteiger partial charge in [-0.05, 0) is 12.8 Å². The molecule has 2 N–H and O–H groups in total. The van der Waals surface area contributed by atoms with Gasteiger partial charge in [0, 0.05) is 19.1 Å². The predicted molar refractivity (Wildman–Crippen MR) is 59.8 cm³/mol. The topological polar surface area (TPSA) is 85.2 Å². The van der Waals surface area contributed by atoms with Crippen LogP contribution in [0.2, 0.25) is 0 Å². The lowest BCUT2D eigenvalue weighted by Crippen LogP contribution is -2.59. The monoisotopic (exact) mass is 236 g/mol. The van der Waals surface area contributed by atoms with Crippen molar-refractivity contribution in [1.82, 2.24) is 15.5 Å². The van der Waals surface area contributed by atoms with Gasteiger partial charge in [-0.2, -0.15) is 5.26 Å². The van der Waals surface area contributed by atoms with Crippen LogP contribution < -0.4 is 10.6 Å². The molecule has 1 heterocycles. The maximum Gasteiger partial charge on any atom is 0.241 e. The van der Waals surface area contributed by atoms with Gasteiger partial charge in [-0.3, -0.25) is 14.9 Å². The average Bonchev–Trinajstić information content (AvgIpc) is 3.14. The Morgan fingerprint density at radius 2 is 2.29 bits per heavy atom. The molecule has 6 heteroatoms. The summed E-state index contributed by atoms with van der Waals surface area (Å²) in [7, 11) is 0. The molecule has 6 nitrogen and oxygen atoms in total. The molecule has 0 aromatic heterocycles. The summed E-state index contributed by atoms with van der Waals surface area (Å²) in [4.78, 5) is 24.9. The summed E-state index contributed by atoms with van der Waals surface area (Å²) in [5, 5.41) is 14.2. The maximum absolute atomic E-state index is 12.2. The number of nitrogens with zero attached hydrogens (tertiary/aromatic N) is 2. The van der Waals surface area contributed by atoms with E-state index in [0.29, 0.717) is 25.6 Å². The van der Waals surface area contributed by atoms with Gasteiger partial charge in [-0.1, -0.05) is 0 Å². The molecule has 0 radical (unpaired) electrons. The van der Waals surface area contributed by atoms with Crippen molar-refractivity contribution in [1.29, 1.82) is 5.26 Å². The van der Waals surface area contributed by atoms with E-state index in [1.54, 1.807) is 4.90 Å². The van der Waals surface area contributed by atoms with E-state index in [9.17, 15) is 9.59 Å². The van der Waals surface area contributed by atoms with Crippen molar-refractivity contribution in [3.8, 4) is 6.07 Å². The molecule has 1 saturated carbocycles. The highest BCUT2D eigenvalue weighted by Gasteiger charge is 2.36. The third-order valence-electron chi connectivity index (χ3n) is 3.05. The van der Waals surface area contributed by atoms with Crippen LogP contribution in [0.4, 0.5) is 0 Å². The lowest BCUT2D eigenvalue weighted by Gasteiger charge is -2.29. The first-order chi connectivity index (χ1) is 8.22. The number of carbonyl (C=O) groups is 2. The highest BCUT2D eigenvalue weighted by Crippen LogP contribution is 2.27. The van der Waals surface area contributed by atoms with Crippen LogP contribution in [0.3, 0.4) is 0 Å². The Kier molecular flexibility index (Phi) is 3.59. The van der Waals surface area contributed by atoms with Crippen LogP contribution in [0.25, 0.3) is 0 Å². The van der Waals surface area contributed by atoms with Crippen molar-refractivity contribution in [3.63, 3.8) is 0 Å². The SMILES string of the molecule is N#CCCN(C(=O)C1CNC(=O)CN1)C1CC1. The molecule has 2 rings (SSSR count). The number of rotatable bonds is 4. The van der Waals surface area contributed by atoms with Crippen LogP contribution in [0.15, 0.2) is 0 Å². The minimum absolute atomic E-state index is 0.00255. The van der Waals surface area contributed by atoms with Gasteiger partial charge >= 0.3 is 0 Å². The Morgan fingerprint density at radius 1 is 1.53 bits per heavy atom. The van der Waals surface area contributed by atoms with E-state index in [-0.39, 0.29) is 24.4 Å². The fourth-order valence-corrected chi connectivity index (χ4v) is 1.97. The zero-order chi connectivity index (χ0) is 12.3. The van der Waals surface area contributed by atoms with E-state index in [1.807, 2.05) is 0 Å². The number of hydrogen-bond donors (Lipinski definition) is 2. The van der Waals surface area contributed by atoms with Gasteiger partial charge in [0.05, 0.1) is 19.0 Å². The van der Waals surface area contributed by atoms with Crippen molar-refractivity contribution in [2.24, 2.45) is 0 Å². The number of carbonyl (C=O) groups excluding carboxylic acids is 2. The number of hydrogen-bond acceptors (Lipinski definition) is 4. The molecule has 2 aliphatic rings. The van der Waals surface area contributed by atoms with Crippen LogP contribution >= 0.6 is 0 Å². The van der Waals surface area contributed by atoms with Crippen molar-refractivity contribution in [3.05, 3.63) is 0 Å². The van der Waals surface area contributed by atoms with Gasteiger partial charge in [0.15, 0.2) is 0 Å². The Hall–Kier alpha value is -1.61. The summed E-state index contributed by atoms with van der Waals surface area (Å²) in [5.74, 6) is -0.0770. The molecule has 0 bridgehead atoms. The molecular weight excluding hydrogens is 220 g/mol. The summed E-state index contributed by atoms with van der Waals surface area (Å²) in [6.45, 7) is 1.02. The van der Waals surface area contributed by atoms with Crippen LogP contribution in [-0.2, 0) is 9.59 Å². The maximum atomic E-state index is 12.2. The van der Waals surface area contributed by atoms with Crippen LogP contribution in [0, 0.1) is 11.3 Å². The van der Waals surface area contributed by atoms with E-state index in [4.69, 9.17) is 5.26 Å². The first kappa shape index (κ1) is 11.9. The van der Waals surface area contributed by atoms with E-state index in [1.165, 1.54) is 0 Å². The van der Waals surface area contributed by atoms with Gasteiger partial charge in [-0.15, -0.1) is 0 Å². The van der Waals surface area contributed by atoms with E-state index in [0.717, 1.165) is 12.8 Å². The lowest BCUT2D eigenvalue weighted by molar-refractivity contribution is -0.135. The Balaban J connectivity index is 1.91. The summed E-state index contributed by atoms with van der Waals surface area (Å²) in [6, 6.07) is 2.02. The second-order valence-corrected chi connectivity index (χ2v) is 4.41. The minimum atomic E-state index is -0.341. The summed E-state index contributed by atoms with van der Waals surface area (Å²) in [6.07, 6.45) is 2.41.